The molecule has 0 saturated carbocycles. The van der Waals surface area contributed by atoms with Crippen LogP contribution in [0.1, 0.15) is 23.5 Å². The Kier molecular flexibility index (Phi) is 4.77. The lowest BCUT2D eigenvalue weighted by Gasteiger charge is -2.22. The summed E-state index contributed by atoms with van der Waals surface area (Å²) in [7, 11) is -4.96. The number of fused-ring (bicyclic) bond motifs is 3. The molecule has 0 aromatic heterocycles. The summed E-state index contributed by atoms with van der Waals surface area (Å²) in [6.45, 7) is -0.588. The van der Waals surface area contributed by atoms with Crippen LogP contribution in [0, 0.1) is 0 Å². The first-order valence-corrected chi connectivity index (χ1v) is 10.5. The Morgan fingerprint density at radius 1 is 1.07 bits per heavy atom. The van der Waals surface area contributed by atoms with Gasteiger partial charge in [-0.1, -0.05) is 48.5 Å². The lowest BCUT2D eigenvalue weighted by molar-refractivity contribution is -0.141. The Labute approximate surface area is 166 Å². The monoisotopic (exact) mass is 419 g/mol. The molecule has 1 saturated heterocycles. The van der Waals surface area contributed by atoms with Crippen LogP contribution in [0.25, 0.3) is 11.1 Å². The minimum atomic E-state index is -4.96. The number of likely N-dealkylation sites (tertiary alicyclic amines) is 1. The highest BCUT2D eigenvalue weighted by Crippen LogP contribution is 2.44. The van der Waals surface area contributed by atoms with Crippen molar-refractivity contribution >= 4 is 22.3 Å². The van der Waals surface area contributed by atoms with E-state index in [0.717, 1.165) is 27.2 Å². The van der Waals surface area contributed by atoms with Crippen LogP contribution in [-0.2, 0) is 19.8 Å². The molecule has 2 aliphatic rings. The third-order valence-corrected chi connectivity index (χ3v) is 6.65. The van der Waals surface area contributed by atoms with Crippen LogP contribution in [-0.4, -0.2) is 54.9 Å². The number of nitrogens with zero attached hydrogens (tertiary/aromatic N) is 1. The number of halogens is 1. The Balaban J connectivity index is 1.53. The molecule has 0 bridgehead atoms. The summed E-state index contributed by atoms with van der Waals surface area (Å²) < 4.78 is 41.0. The normalized spacial score (nSPS) is 20.9. The van der Waals surface area contributed by atoms with E-state index in [-0.39, 0.29) is 12.5 Å². The molecule has 7 nitrogen and oxygen atoms in total. The van der Waals surface area contributed by atoms with Crippen LogP contribution in [0.15, 0.2) is 48.5 Å². The average molecular weight is 419 g/mol. The van der Waals surface area contributed by atoms with E-state index in [1.54, 1.807) is 0 Å². The molecular formula is C20H18FNO6S. The molecule has 2 unspecified atom stereocenters. The van der Waals surface area contributed by atoms with E-state index >= 15 is 0 Å². The Hall–Kier alpha value is -2.94. The summed E-state index contributed by atoms with van der Waals surface area (Å²) in [6.07, 6.45) is -1.47. The highest BCUT2D eigenvalue weighted by molar-refractivity contribution is 7.87. The van der Waals surface area contributed by atoms with Crippen LogP contribution in [0.5, 0.6) is 0 Å². The van der Waals surface area contributed by atoms with Gasteiger partial charge in [0.25, 0.3) is 0 Å². The van der Waals surface area contributed by atoms with Crippen LogP contribution in [0.2, 0.25) is 0 Å². The first-order valence-electron chi connectivity index (χ1n) is 9.05. The van der Waals surface area contributed by atoms with E-state index in [2.05, 4.69) is 0 Å². The molecule has 9 heteroatoms. The maximum absolute atomic E-state index is 13.3. The Morgan fingerprint density at radius 3 is 2.14 bits per heavy atom. The van der Waals surface area contributed by atoms with Crippen molar-refractivity contribution in [3.63, 3.8) is 0 Å². The van der Waals surface area contributed by atoms with Gasteiger partial charge in [-0.25, -0.2) is 9.59 Å². The summed E-state index contributed by atoms with van der Waals surface area (Å²) in [5.41, 5.74) is 4.05. The predicted molar refractivity (Wildman–Crippen MR) is 102 cm³/mol. The smallest absolute Gasteiger partial charge is 0.410 e. The maximum Gasteiger partial charge on any atom is 0.410 e. The van der Waals surface area contributed by atoms with Gasteiger partial charge in [0.2, 0.25) is 0 Å². The largest absolute Gasteiger partial charge is 0.480 e. The van der Waals surface area contributed by atoms with Gasteiger partial charge in [-0.15, -0.1) is 3.89 Å². The van der Waals surface area contributed by atoms with Gasteiger partial charge in [0.15, 0.2) is 0 Å². The molecule has 1 heterocycles. The molecule has 0 radical (unpaired) electrons. The zero-order valence-corrected chi connectivity index (χ0v) is 16.0. The molecule has 1 amide bonds. The quantitative estimate of drug-likeness (QED) is 0.765. The number of carbonyl (C=O) groups excluding carboxylic acids is 1. The summed E-state index contributed by atoms with van der Waals surface area (Å²) in [5.74, 6) is -1.62. The number of carbonyl (C=O) groups is 2. The highest BCUT2D eigenvalue weighted by Gasteiger charge is 2.46. The van der Waals surface area contributed by atoms with Gasteiger partial charge in [-0.3, -0.25) is 4.90 Å². The van der Waals surface area contributed by atoms with E-state index in [9.17, 15) is 27.0 Å². The Morgan fingerprint density at radius 2 is 1.62 bits per heavy atom. The standard InChI is InChI=1S/C20H18FNO6S/c21-29(26,27)12-9-18(19(23)24)22(10-12)20(25)28-11-17-15-7-3-1-5-13(15)14-6-2-4-8-16(14)17/h1-8,12,17-18H,9-11H2,(H,23,24). The summed E-state index contributed by atoms with van der Waals surface area (Å²) >= 11 is 0. The second kappa shape index (κ2) is 7.14. The molecule has 4 rings (SSSR count). The van der Waals surface area contributed by atoms with Crippen molar-refractivity contribution < 1.29 is 31.7 Å². The SMILES string of the molecule is O=C(O)C1CC(S(=O)(=O)F)CN1C(=O)OCC1c2ccccc2-c2ccccc21. The topological polar surface area (TPSA) is 101 Å². The number of hydrogen-bond acceptors (Lipinski definition) is 5. The molecule has 1 aliphatic heterocycles. The molecule has 1 fully saturated rings. The number of rotatable bonds is 4. The van der Waals surface area contributed by atoms with Gasteiger partial charge in [-0.05, 0) is 28.7 Å². The number of carboxylic acids is 1. The van der Waals surface area contributed by atoms with E-state index < -0.39 is 46.5 Å². The first kappa shape index (κ1) is 19.4. The summed E-state index contributed by atoms with van der Waals surface area (Å²) in [5, 5.41) is 7.72. The maximum atomic E-state index is 13.3. The zero-order valence-electron chi connectivity index (χ0n) is 15.2. The van der Waals surface area contributed by atoms with Crippen molar-refractivity contribution in [3.05, 3.63) is 59.7 Å². The fourth-order valence-corrected chi connectivity index (χ4v) is 4.87. The van der Waals surface area contributed by atoms with E-state index in [1.165, 1.54) is 0 Å². The third kappa shape index (κ3) is 3.46. The number of amides is 1. The molecule has 2 aromatic carbocycles. The molecule has 29 heavy (non-hydrogen) atoms. The van der Waals surface area contributed by atoms with Gasteiger partial charge in [-0.2, -0.15) is 8.42 Å². The van der Waals surface area contributed by atoms with Gasteiger partial charge in [0, 0.05) is 12.5 Å². The van der Waals surface area contributed by atoms with Crippen LogP contribution >= 0.6 is 0 Å². The van der Waals surface area contributed by atoms with Crippen molar-refractivity contribution in [2.24, 2.45) is 0 Å². The van der Waals surface area contributed by atoms with Crippen LogP contribution in [0.4, 0.5) is 8.68 Å². The van der Waals surface area contributed by atoms with Gasteiger partial charge >= 0.3 is 22.3 Å². The van der Waals surface area contributed by atoms with Crippen molar-refractivity contribution in [2.45, 2.75) is 23.6 Å². The lowest BCUT2D eigenvalue weighted by Crippen LogP contribution is -2.41. The van der Waals surface area contributed by atoms with E-state index in [4.69, 9.17) is 4.74 Å². The Bertz CT molecular complexity index is 1040. The number of ether oxygens (including phenoxy) is 1. The van der Waals surface area contributed by atoms with Crippen molar-refractivity contribution in [2.75, 3.05) is 13.2 Å². The van der Waals surface area contributed by atoms with Crippen molar-refractivity contribution in [1.82, 2.24) is 4.90 Å². The van der Waals surface area contributed by atoms with E-state index in [1.807, 2.05) is 48.5 Å². The third-order valence-electron chi connectivity index (χ3n) is 5.52. The average Bonchev–Trinajstić information content (AvgIpc) is 3.27. The minimum absolute atomic E-state index is 0.0389. The number of hydrogen-bond donors (Lipinski definition) is 1. The molecule has 2 aromatic rings. The highest BCUT2D eigenvalue weighted by atomic mass is 32.3. The number of benzene rings is 2. The number of aliphatic carboxylic acids is 1. The first-order chi connectivity index (χ1) is 13.8. The van der Waals surface area contributed by atoms with Crippen molar-refractivity contribution in [3.8, 4) is 11.1 Å². The zero-order chi connectivity index (χ0) is 20.8. The lowest BCUT2D eigenvalue weighted by atomic mass is 9.98. The van der Waals surface area contributed by atoms with Crippen LogP contribution < -0.4 is 0 Å². The minimum Gasteiger partial charge on any atom is -0.480 e. The fraction of sp³-hybridized carbons (Fsp3) is 0.300. The van der Waals surface area contributed by atoms with Gasteiger partial charge < -0.3 is 9.84 Å². The van der Waals surface area contributed by atoms with Crippen LogP contribution in [0.3, 0.4) is 0 Å². The molecule has 1 aliphatic carbocycles. The summed E-state index contributed by atoms with van der Waals surface area (Å²) in [4.78, 5) is 24.7. The van der Waals surface area contributed by atoms with Crippen molar-refractivity contribution in [1.29, 1.82) is 0 Å². The predicted octanol–water partition coefficient (Wildman–Crippen LogP) is 2.76. The summed E-state index contributed by atoms with van der Waals surface area (Å²) in [6, 6.07) is 14.0. The fourth-order valence-electron chi connectivity index (χ4n) is 4.11. The molecule has 152 valence electrons. The molecular weight excluding hydrogens is 401 g/mol. The molecule has 2 atom stereocenters. The van der Waals surface area contributed by atoms with E-state index in [0.29, 0.717) is 0 Å². The molecule has 1 N–H and O–H groups in total. The molecule has 0 spiro atoms. The van der Waals surface area contributed by atoms with Gasteiger partial charge in [0.05, 0.1) is 0 Å². The number of carboxylic acid groups (broad SMARTS) is 1. The second-order valence-electron chi connectivity index (χ2n) is 7.14. The second-order valence-corrected chi connectivity index (χ2v) is 8.76. The van der Waals surface area contributed by atoms with Gasteiger partial charge in [0.1, 0.15) is 17.9 Å².